The van der Waals surface area contributed by atoms with Crippen LogP contribution in [0, 0.1) is 46.3 Å². The molecule has 10 atom stereocenters. The van der Waals surface area contributed by atoms with E-state index in [-0.39, 0.29) is 58.6 Å². The lowest BCUT2D eigenvalue weighted by Crippen LogP contribution is -2.63. The van der Waals surface area contributed by atoms with E-state index in [0.717, 1.165) is 38.5 Å². The molecular formula is C27H40O7. The van der Waals surface area contributed by atoms with E-state index in [2.05, 4.69) is 20.8 Å². The van der Waals surface area contributed by atoms with Crippen molar-refractivity contribution >= 4 is 24.7 Å². The summed E-state index contributed by atoms with van der Waals surface area (Å²) in [5, 5.41) is 0. The Balaban J connectivity index is 1.68. The van der Waals surface area contributed by atoms with Gasteiger partial charge in [0.2, 0.25) is 0 Å². The minimum atomic E-state index is -0.254. The number of fused-ring (bicyclic) bond motifs is 5. The summed E-state index contributed by atoms with van der Waals surface area (Å²) in [6.07, 6.45) is 6.12. The van der Waals surface area contributed by atoms with Gasteiger partial charge in [0.05, 0.1) is 7.11 Å². The number of hydrogen-bond acceptors (Lipinski definition) is 7. The van der Waals surface area contributed by atoms with E-state index >= 15 is 0 Å². The molecular weight excluding hydrogens is 436 g/mol. The Kier molecular flexibility index (Phi) is 7.12. The summed E-state index contributed by atoms with van der Waals surface area (Å²) in [7, 11) is 1.41. The molecule has 190 valence electrons. The second kappa shape index (κ2) is 9.62. The molecule has 0 saturated heterocycles. The lowest BCUT2D eigenvalue weighted by atomic mass is 9.43. The largest absolute Gasteiger partial charge is 0.469 e. The lowest BCUT2D eigenvalue weighted by molar-refractivity contribution is -0.212. The van der Waals surface area contributed by atoms with Crippen LogP contribution in [-0.4, -0.2) is 44.0 Å². The number of ketones is 1. The first kappa shape index (κ1) is 25.2. The fourth-order valence-corrected chi connectivity index (χ4v) is 9.02. The molecule has 0 N–H and O–H groups in total. The maximum absolute atomic E-state index is 12.3. The SMILES string of the molecule is COC(=O)CC[C@@H](C)[C@H]1CC[C@H]2[C@@H]3[C@H](OC=O)C[C@@H]4CC(=O)CC[C@]4(C)[C@H]3C[C@H](OC=O)[C@]12C. The second-order valence-electron chi connectivity index (χ2n) is 11.8. The maximum atomic E-state index is 12.3. The van der Waals surface area contributed by atoms with E-state index in [9.17, 15) is 19.2 Å². The van der Waals surface area contributed by atoms with Crippen LogP contribution in [0.2, 0.25) is 0 Å². The van der Waals surface area contributed by atoms with Gasteiger partial charge in [0.25, 0.3) is 12.9 Å². The number of ether oxygens (including phenoxy) is 3. The van der Waals surface area contributed by atoms with Crippen LogP contribution in [0.5, 0.6) is 0 Å². The molecule has 0 aromatic rings. The molecule has 7 heteroatoms. The van der Waals surface area contributed by atoms with Crippen molar-refractivity contribution in [2.45, 2.75) is 90.8 Å². The van der Waals surface area contributed by atoms with Gasteiger partial charge in [0.1, 0.15) is 18.0 Å². The molecule has 0 aromatic heterocycles. The van der Waals surface area contributed by atoms with Crippen LogP contribution >= 0.6 is 0 Å². The predicted molar refractivity (Wildman–Crippen MR) is 123 cm³/mol. The normalized spacial score (nSPS) is 44.1. The molecule has 4 fully saturated rings. The summed E-state index contributed by atoms with van der Waals surface area (Å²) in [5.74, 6) is 1.53. The Morgan fingerprint density at radius 3 is 2.53 bits per heavy atom. The zero-order valence-corrected chi connectivity index (χ0v) is 21.0. The van der Waals surface area contributed by atoms with E-state index in [1.54, 1.807) is 0 Å². The highest BCUT2D eigenvalue weighted by molar-refractivity contribution is 5.79. The minimum Gasteiger partial charge on any atom is -0.469 e. The van der Waals surface area contributed by atoms with E-state index in [4.69, 9.17) is 14.2 Å². The maximum Gasteiger partial charge on any atom is 0.305 e. The first-order valence-corrected chi connectivity index (χ1v) is 13.0. The van der Waals surface area contributed by atoms with Gasteiger partial charge in [-0.25, -0.2) is 0 Å². The van der Waals surface area contributed by atoms with Gasteiger partial charge in [-0.2, -0.15) is 0 Å². The molecule has 4 rings (SSSR count). The van der Waals surface area contributed by atoms with Crippen LogP contribution in [0.4, 0.5) is 0 Å². The summed E-state index contributed by atoms with van der Waals surface area (Å²) in [5.41, 5.74) is -0.280. The third-order valence-electron chi connectivity index (χ3n) is 10.8. The minimum absolute atomic E-state index is 0.0261. The van der Waals surface area contributed by atoms with Crippen molar-refractivity contribution in [2.24, 2.45) is 46.3 Å². The third-order valence-corrected chi connectivity index (χ3v) is 10.8. The topological polar surface area (TPSA) is 96.0 Å². The number of Topliss-reactive ketones (excluding diaryl/α,β-unsaturated/α-hetero) is 1. The molecule has 0 aliphatic heterocycles. The van der Waals surface area contributed by atoms with E-state index in [0.29, 0.717) is 43.9 Å². The zero-order valence-electron chi connectivity index (χ0n) is 21.0. The van der Waals surface area contributed by atoms with Gasteiger partial charge in [-0.3, -0.25) is 19.2 Å². The van der Waals surface area contributed by atoms with Crippen LogP contribution in [0.25, 0.3) is 0 Å². The highest BCUT2D eigenvalue weighted by Crippen LogP contribution is 2.69. The molecule has 0 amide bonds. The van der Waals surface area contributed by atoms with Gasteiger partial charge in [-0.15, -0.1) is 0 Å². The van der Waals surface area contributed by atoms with Crippen LogP contribution in [0.1, 0.15) is 78.6 Å². The lowest BCUT2D eigenvalue weighted by Gasteiger charge is -2.63. The predicted octanol–water partition coefficient (Wildman–Crippen LogP) is 4.11. The fourth-order valence-electron chi connectivity index (χ4n) is 9.02. The van der Waals surface area contributed by atoms with Crippen LogP contribution < -0.4 is 0 Å². The number of hydrogen-bond donors (Lipinski definition) is 0. The van der Waals surface area contributed by atoms with E-state index < -0.39 is 0 Å². The Hall–Kier alpha value is -1.92. The number of carbonyl (C=O) groups is 4. The molecule has 34 heavy (non-hydrogen) atoms. The second-order valence-corrected chi connectivity index (χ2v) is 11.8. The quantitative estimate of drug-likeness (QED) is 0.295. The van der Waals surface area contributed by atoms with Crippen LogP contribution in [0.3, 0.4) is 0 Å². The summed E-state index contributed by atoms with van der Waals surface area (Å²) in [4.78, 5) is 47.3. The summed E-state index contributed by atoms with van der Waals surface area (Å²) < 4.78 is 16.5. The molecule has 7 nitrogen and oxygen atoms in total. The molecule has 0 radical (unpaired) electrons. The molecule has 0 unspecified atom stereocenters. The summed E-state index contributed by atoms with van der Waals surface area (Å²) >= 11 is 0. The van der Waals surface area contributed by atoms with Gasteiger partial charge in [0.15, 0.2) is 0 Å². The molecule has 4 aliphatic rings. The van der Waals surface area contributed by atoms with Crippen LogP contribution in [-0.2, 0) is 33.4 Å². The number of rotatable bonds is 8. The van der Waals surface area contributed by atoms with E-state index in [1.165, 1.54) is 7.11 Å². The number of carbonyl (C=O) groups excluding carboxylic acids is 4. The van der Waals surface area contributed by atoms with Crippen molar-refractivity contribution in [3.8, 4) is 0 Å². The summed E-state index contributed by atoms with van der Waals surface area (Å²) in [6.45, 7) is 7.92. The van der Waals surface area contributed by atoms with Gasteiger partial charge < -0.3 is 14.2 Å². The molecule has 0 spiro atoms. The van der Waals surface area contributed by atoms with Crippen molar-refractivity contribution in [1.29, 1.82) is 0 Å². The van der Waals surface area contributed by atoms with Crippen molar-refractivity contribution < 1.29 is 33.4 Å². The molecule has 0 bridgehead atoms. The zero-order chi connectivity index (χ0) is 24.7. The highest BCUT2D eigenvalue weighted by atomic mass is 16.5. The van der Waals surface area contributed by atoms with Gasteiger partial charge in [-0.05, 0) is 73.5 Å². The Labute approximate surface area is 202 Å². The van der Waals surface area contributed by atoms with Crippen LogP contribution in [0.15, 0.2) is 0 Å². The smallest absolute Gasteiger partial charge is 0.305 e. The monoisotopic (exact) mass is 476 g/mol. The number of esters is 1. The Morgan fingerprint density at radius 1 is 1.12 bits per heavy atom. The summed E-state index contributed by atoms with van der Waals surface area (Å²) in [6, 6.07) is 0. The van der Waals surface area contributed by atoms with Crippen molar-refractivity contribution in [2.75, 3.05) is 7.11 Å². The first-order chi connectivity index (χ1) is 16.2. The first-order valence-electron chi connectivity index (χ1n) is 13.0. The molecule has 0 aromatic carbocycles. The fraction of sp³-hybridized carbons (Fsp3) is 0.852. The van der Waals surface area contributed by atoms with Gasteiger partial charge in [0, 0.05) is 30.6 Å². The number of methoxy groups -OCH3 is 1. The average molecular weight is 477 g/mol. The molecule has 4 saturated carbocycles. The van der Waals surface area contributed by atoms with Crippen molar-refractivity contribution in [1.82, 2.24) is 0 Å². The van der Waals surface area contributed by atoms with E-state index in [1.807, 2.05) is 0 Å². The third kappa shape index (κ3) is 3.97. The highest BCUT2D eigenvalue weighted by Gasteiger charge is 2.67. The standard InChI is InChI=1S/C27H40O7/c1-16(5-8-24(31)32-4)19-6-7-20-25-21(13-23(34-15-29)27(19,20)3)26(2)10-9-18(30)11-17(26)12-22(25)33-14-28/h14-17,19-23,25H,5-13H2,1-4H3/t16-,17+,19-,20+,21+,22-,23+,25+,26+,27-/m1/s1. The molecule has 4 aliphatic carbocycles. The Bertz CT molecular complexity index is 811. The molecule has 0 heterocycles. The average Bonchev–Trinajstić information content (AvgIpc) is 3.17. The Morgan fingerprint density at radius 2 is 1.85 bits per heavy atom. The van der Waals surface area contributed by atoms with Crippen molar-refractivity contribution in [3.05, 3.63) is 0 Å². The van der Waals surface area contributed by atoms with Crippen molar-refractivity contribution in [3.63, 3.8) is 0 Å². The van der Waals surface area contributed by atoms with Gasteiger partial charge in [-0.1, -0.05) is 20.8 Å². The van der Waals surface area contributed by atoms with Gasteiger partial charge >= 0.3 is 5.97 Å².